The van der Waals surface area contributed by atoms with Crippen molar-refractivity contribution in [2.75, 3.05) is 11.5 Å². The smallest absolute Gasteiger partial charge is 0.193 e. The molecule has 4 N–H and O–H groups in total. The van der Waals surface area contributed by atoms with Crippen molar-refractivity contribution in [3.63, 3.8) is 0 Å². The van der Waals surface area contributed by atoms with Gasteiger partial charge in [0.15, 0.2) is 6.29 Å². The molecule has 0 saturated heterocycles. The maximum absolute atomic E-state index is 9.90. The van der Waals surface area contributed by atoms with Crippen molar-refractivity contribution >= 4 is 17.7 Å². The summed E-state index contributed by atoms with van der Waals surface area (Å²) in [5.74, 6) is 4.89. The Morgan fingerprint density at radius 3 is 2.58 bits per heavy atom. The Bertz CT molecular complexity index is 361. The monoisotopic (exact) mass is 160 g/mol. The summed E-state index contributed by atoms with van der Waals surface area (Å²) in [6, 6.07) is 5.00. The van der Waals surface area contributed by atoms with Crippen LogP contribution in [0.25, 0.3) is 0 Å². The fourth-order valence-corrected chi connectivity index (χ4v) is 0.765. The molecule has 0 aliphatic carbocycles. The van der Waals surface area contributed by atoms with Crippen molar-refractivity contribution < 1.29 is 4.79 Å². The van der Waals surface area contributed by atoms with E-state index >= 15 is 0 Å². The summed E-state index contributed by atoms with van der Waals surface area (Å²) in [6.45, 7) is 0. The van der Waals surface area contributed by atoms with E-state index in [1.807, 2.05) is 0 Å². The first kappa shape index (κ1) is 8.15. The molecule has 12 heavy (non-hydrogen) atoms. The van der Waals surface area contributed by atoms with E-state index in [0.717, 1.165) is 0 Å². The molecular formula is C9H8N2O. The number of rotatable bonds is 0. The number of carbonyl (C=O) groups excluding carboxylic acids is 1. The summed E-state index contributed by atoms with van der Waals surface area (Å²) in [5, 5.41) is 0. The Balaban J connectivity index is 3.04. The molecule has 0 unspecified atom stereocenters. The predicted molar refractivity (Wildman–Crippen MR) is 48.2 cm³/mol. The summed E-state index contributed by atoms with van der Waals surface area (Å²) < 4.78 is 0. The molecule has 0 aromatic heterocycles. The number of anilines is 2. The zero-order chi connectivity index (χ0) is 8.97. The molecule has 0 aliphatic heterocycles. The van der Waals surface area contributed by atoms with E-state index in [1.54, 1.807) is 18.2 Å². The van der Waals surface area contributed by atoms with Crippen LogP contribution < -0.4 is 11.5 Å². The molecule has 0 atom stereocenters. The molecule has 1 aromatic carbocycles. The lowest BCUT2D eigenvalue weighted by atomic mass is 10.2. The van der Waals surface area contributed by atoms with Crippen molar-refractivity contribution in [1.82, 2.24) is 0 Å². The van der Waals surface area contributed by atoms with Crippen LogP contribution in [-0.2, 0) is 4.79 Å². The highest BCUT2D eigenvalue weighted by molar-refractivity contribution is 5.75. The second kappa shape index (κ2) is 3.44. The third-order valence-corrected chi connectivity index (χ3v) is 1.36. The minimum absolute atomic E-state index is 0.479. The minimum atomic E-state index is 0.479. The molecule has 0 spiro atoms. The van der Waals surface area contributed by atoms with Crippen LogP contribution in [-0.4, -0.2) is 6.29 Å². The lowest BCUT2D eigenvalue weighted by molar-refractivity contribution is -0.103. The van der Waals surface area contributed by atoms with Crippen molar-refractivity contribution in [2.24, 2.45) is 0 Å². The Labute approximate surface area is 70.4 Å². The van der Waals surface area contributed by atoms with Crippen LogP contribution >= 0.6 is 0 Å². The highest BCUT2D eigenvalue weighted by atomic mass is 16.1. The normalized spacial score (nSPS) is 8.33. The molecule has 3 heteroatoms. The third-order valence-electron chi connectivity index (χ3n) is 1.36. The van der Waals surface area contributed by atoms with Gasteiger partial charge in [0.1, 0.15) is 0 Å². The maximum Gasteiger partial charge on any atom is 0.193 e. The van der Waals surface area contributed by atoms with E-state index in [0.29, 0.717) is 23.2 Å². The Morgan fingerprint density at radius 1 is 1.25 bits per heavy atom. The van der Waals surface area contributed by atoms with Crippen molar-refractivity contribution in [2.45, 2.75) is 0 Å². The fourth-order valence-electron chi connectivity index (χ4n) is 0.765. The molecule has 0 saturated carbocycles. The van der Waals surface area contributed by atoms with Crippen molar-refractivity contribution in [1.29, 1.82) is 0 Å². The van der Waals surface area contributed by atoms with Gasteiger partial charge in [-0.3, -0.25) is 4.79 Å². The van der Waals surface area contributed by atoms with Crippen LogP contribution in [0.3, 0.4) is 0 Å². The van der Waals surface area contributed by atoms with E-state index in [-0.39, 0.29) is 0 Å². The molecule has 1 rings (SSSR count). The van der Waals surface area contributed by atoms with Crippen LogP contribution in [0.15, 0.2) is 18.2 Å². The highest BCUT2D eigenvalue weighted by Crippen LogP contribution is 2.14. The standard InChI is InChI=1S/C9H8N2O/c10-8-4-3-7(2-1-5-12)6-9(8)11/h3-6H,10-11H2. The molecule has 0 bridgehead atoms. The van der Waals surface area contributed by atoms with Crippen LogP contribution in [0.4, 0.5) is 11.4 Å². The predicted octanol–water partition coefficient (Wildman–Crippen LogP) is 0.401. The molecule has 60 valence electrons. The average molecular weight is 160 g/mol. The first-order chi connectivity index (χ1) is 5.74. The molecule has 0 aliphatic rings. The minimum Gasteiger partial charge on any atom is -0.397 e. The van der Waals surface area contributed by atoms with Gasteiger partial charge in [-0.2, -0.15) is 0 Å². The molecule has 0 fully saturated rings. The van der Waals surface area contributed by atoms with E-state index in [1.165, 1.54) is 0 Å². The molecule has 1 aromatic rings. The zero-order valence-corrected chi connectivity index (χ0v) is 6.37. The number of carbonyl (C=O) groups is 1. The second-order valence-corrected chi connectivity index (χ2v) is 2.23. The van der Waals surface area contributed by atoms with Crippen molar-refractivity contribution in [3.8, 4) is 11.8 Å². The number of hydrogen-bond acceptors (Lipinski definition) is 3. The van der Waals surface area contributed by atoms with Gasteiger partial charge in [-0.25, -0.2) is 0 Å². The average Bonchev–Trinajstić information content (AvgIpc) is 2.07. The fraction of sp³-hybridized carbons (Fsp3) is 0. The molecule has 0 heterocycles. The topological polar surface area (TPSA) is 69.1 Å². The Morgan fingerprint density at radius 2 is 2.00 bits per heavy atom. The van der Waals surface area contributed by atoms with E-state index < -0.39 is 0 Å². The molecule has 3 nitrogen and oxygen atoms in total. The summed E-state index contributed by atoms with van der Waals surface area (Å²) in [6.07, 6.45) is 0.534. The van der Waals surface area contributed by atoms with E-state index in [2.05, 4.69) is 11.8 Å². The Kier molecular flexibility index (Phi) is 2.34. The van der Waals surface area contributed by atoms with Gasteiger partial charge in [0.05, 0.1) is 11.4 Å². The third kappa shape index (κ3) is 1.77. The number of hydrogen-bond donors (Lipinski definition) is 2. The SMILES string of the molecule is Nc1ccc(C#CC=O)cc1N. The Hall–Kier alpha value is -1.95. The molecular weight excluding hydrogens is 152 g/mol. The number of benzene rings is 1. The van der Waals surface area contributed by atoms with Gasteiger partial charge in [0.25, 0.3) is 0 Å². The molecule has 0 amide bonds. The summed E-state index contributed by atoms with van der Waals surface area (Å²) in [4.78, 5) is 9.90. The number of aldehydes is 1. The number of nitrogen functional groups attached to an aromatic ring is 2. The number of nitrogens with two attached hydrogens (primary N) is 2. The summed E-state index contributed by atoms with van der Waals surface area (Å²) in [7, 11) is 0. The summed E-state index contributed by atoms with van der Waals surface area (Å²) >= 11 is 0. The lowest BCUT2D eigenvalue weighted by Gasteiger charge is -1.98. The van der Waals surface area contributed by atoms with Gasteiger partial charge in [0, 0.05) is 5.56 Å². The quantitative estimate of drug-likeness (QED) is 0.328. The highest BCUT2D eigenvalue weighted by Gasteiger charge is 1.93. The van der Waals surface area contributed by atoms with Crippen LogP contribution in [0, 0.1) is 11.8 Å². The van der Waals surface area contributed by atoms with Gasteiger partial charge in [-0.1, -0.05) is 5.92 Å². The van der Waals surface area contributed by atoms with Crippen molar-refractivity contribution in [3.05, 3.63) is 23.8 Å². The lowest BCUT2D eigenvalue weighted by Crippen LogP contribution is -1.94. The zero-order valence-electron chi connectivity index (χ0n) is 6.37. The summed E-state index contributed by atoms with van der Waals surface area (Å²) in [5.41, 5.74) is 12.7. The second-order valence-electron chi connectivity index (χ2n) is 2.23. The van der Waals surface area contributed by atoms with Crippen LogP contribution in [0.2, 0.25) is 0 Å². The van der Waals surface area contributed by atoms with Gasteiger partial charge in [-0.15, -0.1) is 0 Å². The van der Waals surface area contributed by atoms with Gasteiger partial charge < -0.3 is 11.5 Å². The van der Waals surface area contributed by atoms with Crippen LogP contribution in [0.1, 0.15) is 5.56 Å². The van der Waals surface area contributed by atoms with Gasteiger partial charge >= 0.3 is 0 Å². The first-order valence-corrected chi connectivity index (χ1v) is 3.34. The van der Waals surface area contributed by atoms with Crippen LogP contribution in [0.5, 0.6) is 0 Å². The largest absolute Gasteiger partial charge is 0.397 e. The van der Waals surface area contributed by atoms with E-state index in [9.17, 15) is 4.79 Å². The van der Waals surface area contributed by atoms with E-state index in [4.69, 9.17) is 11.5 Å². The first-order valence-electron chi connectivity index (χ1n) is 3.34. The maximum atomic E-state index is 9.90. The van der Waals surface area contributed by atoms with Gasteiger partial charge in [-0.05, 0) is 24.1 Å². The molecule has 0 radical (unpaired) electrons. The van der Waals surface area contributed by atoms with Gasteiger partial charge in [0.2, 0.25) is 0 Å².